The number of aromatic nitrogens is 3. The molecule has 13 heteroatoms. The highest BCUT2D eigenvalue weighted by Gasteiger charge is 2.31. The Morgan fingerprint density at radius 1 is 0.982 bits per heavy atom. The number of rotatable bonds is 9. The number of nitrogens with one attached hydrogen (secondary N) is 1. The predicted molar refractivity (Wildman–Crippen MR) is 212 cm³/mol. The van der Waals surface area contributed by atoms with Crippen LogP contribution in [0.15, 0.2) is 95.5 Å². The van der Waals surface area contributed by atoms with Gasteiger partial charge in [0.15, 0.2) is 5.82 Å². The number of aryl methyl sites for hydroxylation is 1. The molecule has 0 unspecified atom stereocenters. The number of fused-ring (bicyclic) bond motifs is 4. The number of carbonyl (C=O) groups excluding carboxylic acids is 2. The summed E-state index contributed by atoms with van der Waals surface area (Å²) in [6, 6.07) is 26.3. The van der Waals surface area contributed by atoms with E-state index < -0.39 is 13.2 Å². The van der Waals surface area contributed by atoms with E-state index in [4.69, 9.17) is 21.3 Å². The highest BCUT2D eigenvalue weighted by molar-refractivity contribution is 6.58. The van der Waals surface area contributed by atoms with E-state index in [1.54, 1.807) is 19.2 Å². The monoisotopic (exact) mass is 754 g/mol. The number of piperidine rings is 1. The van der Waals surface area contributed by atoms with Crippen molar-refractivity contribution in [2.24, 2.45) is 4.99 Å². The maximum atomic E-state index is 13.6. The fraction of sp³-hybridized carbons (Fsp3) is 0.262. The molecule has 2 amide bonds. The second-order valence-corrected chi connectivity index (χ2v) is 14.7. The second kappa shape index (κ2) is 15.3. The van der Waals surface area contributed by atoms with Crippen molar-refractivity contribution >= 4 is 47.8 Å². The van der Waals surface area contributed by atoms with Gasteiger partial charge >= 0.3 is 7.12 Å². The molecule has 5 aromatic rings. The van der Waals surface area contributed by atoms with Gasteiger partial charge in [0, 0.05) is 47.8 Å². The van der Waals surface area contributed by atoms with Crippen molar-refractivity contribution in [1.29, 1.82) is 0 Å². The smallest absolute Gasteiger partial charge is 0.488 e. The van der Waals surface area contributed by atoms with Crippen LogP contribution >= 0.6 is 11.6 Å². The average Bonchev–Trinajstić information content (AvgIpc) is 3.78. The first-order chi connectivity index (χ1) is 26.6. The zero-order valence-electron chi connectivity index (χ0n) is 30.6. The topological polar surface area (TPSA) is 142 Å². The van der Waals surface area contributed by atoms with Crippen LogP contribution in [0.1, 0.15) is 76.3 Å². The molecule has 0 radical (unpaired) electrons. The third-order valence-electron chi connectivity index (χ3n) is 10.8. The van der Waals surface area contributed by atoms with Crippen LogP contribution in [0.2, 0.25) is 5.02 Å². The summed E-state index contributed by atoms with van der Waals surface area (Å²) in [5.74, 6) is 2.12. The van der Waals surface area contributed by atoms with E-state index in [-0.39, 0.29) is 18.2 Å². The van der Waals surface area contributed by atoms with Gasteiger partial charge in [0.1, 0.15) is 17.6 Å². The van der Waals surface area contributed by atoms with E-state index in [2.05, 4.69) is 27.6 Å². The maximum Gasteiger partial charge on any atom is 0.488 e. The van der Waals surface area contributed by atoms with Crippen molar-refractivity contribution < 1.29 is 24.4 Å². The summed E-state index contributed by atoms with van der Waals surface area (Å²) >= 11 is 6.24. The fourth-order valence-electron chi connectivity index (χ4n) is 7.85. The summed E-state index contributed by atoms with van der Waals surface area (Å²) in [7, 11) is 0.0850. The molecule has 3 heterocycles. The fourth-order valence-corrected chi connectivity index (χ4v) is 7.98. The third-order valence-corrected chi connectivity index (χ3v) is 11.0. The Labute approximate surface area is 324 Å². The normalized spacial score (nSPS) is 16.3. The Morgan fingerprint density at radius 2 is 1.78 bits per heavy atom. The molecule has 8 rings (SSSR count). The van der Waals surface area contributed by atoms with E-state index >= 15 is 0 Å². The van der Waals surface area contributed by atoms with Gasteiger partial charge in [-0.1, -0.05) is 66.2 Å². The molecule has 1 aliphatic carbocycles. The average molecular weight is 755 g/mol. The molecule has 55 heavy (non-hydrogen) atoms. The zero-order chi connectivity index (χ0) is 38.2. The molecule has 3 N–H and O–H groups in total. The first-order valence-corrected chi connectivity index (χ1v) is 18.8. The van der Waals surface area contributed by atoms with E-state index in [1.165, 1.54) is 5.56 Å². The molecule has 1 fully saturated rings. The standard InChI is InChI=1S/C42H40BClN6O5/c1-25-47-48-41-37(46-40(28-7-10-34(44)11-8-28)36-22-35(55-2)12-13-38(36)50(25)41)23-39(51)45-24-26-4-3-5-29(18-26)27-14-16-49(17-15-27)42(52)32-19-30-6-9-33(43(53)54)21-31(30)20-32/h3-13,18,20-22,27,37,53-54H,14-17,19,23-24H2,1-2H3,(H,45,51)/t37-/m0/s1. The quantitative estimate of drug-likeness (QED) is 0.183. The lowest BCUT2D eigenvalue weighted by molar-refractivity contribution is -0.128. The van der Waals surface area contributed by atoms with Gasteiger partial charge in [-0.05, 0) is 89.8 Å². The molecule has 4 aromatic carbocycles. The van der Waals surface area contributed by atoms with Gasteiger partial charge in [-0.15, -0.1) is 10.2 Å². The van der Waals surface area contributed by atoms with Gasteiger partial charge in [-0.25, -0.2) is 0 Å². The minimum Gasteiger partial charge on any atom is -0.497 e. The van der Waals surface area contributed by atoms with Gasteiger partial charge in [0.05, 0.1) is 24.9 Å². The van der Waals surface area contributed by atoms with Crippen LogP contribution < -0.4 is 15.5 Å². The molecule has 1 saturated heterocycles. The Balaban J connectivity index is 0.932. The summed E-state index contributed by atoms with van der Waals surface area (Å²) in [5, 5.41) is 31.7. The molecule has 1 aromatic heterocycles. The largest absolute Gasteiger partial charge is 0.497 e. The van der Waals surface area contributed by atoms with E-state index in [9.17, 15) is 19.6 Å². The van der Waals surface area contributed by atoms with Crippen LogP contribution in [0.25, 0.3) is 11.8 Å². The number of amides is 2. The predicted octanol–water partition coefficient (Wildman–Crippen LogP) is 4.86. The molecule has 3 aliphatic rings. The van der Waals surface area contributed by atoms with Crippen molar-refractivity contribution in [2.45, 2.75) is 51.1 Å². The number of aliphatic imine (C=N–C) groups is 1. The van der Waals surface area contributed by atoms with Gasteiger partial charge < -0.3 is 25.0 Å². The Kier molecular flexibility index (Phi) is 10.1. The van der Waals surface area contributed by atoms with Gasteiger partial charge in [0.2, 0.25) is 11.8 Å². The Morgan fingerprint density at radius 3 is 2.55 bits per heavy atom. The number of likely N-dealkylation sites (tertiary alicyclic amines) is 1. The lowest BCUT2D eigenvalue weighted by Gasteiger charge is -2.32. The molecule has 11 nitrogen and oxygen atoms in total. The number of hydrogen-bond acceptors (Lipinski definition) is 8. The Bertz CT molecular complexity index is 2350. The Hall–Kier alpha value is -5.56. The van der Waals surface area contributed by atoms with Crippen molar-refractivity contribution in [3.63, 3.8) is 0 Å². The van der Waals surface area contributed by atoms with Crippen molar-refractivity contribution in [3.8, 4) is 11.4 Å². The van der Waals surface area contributed by atoms with Crippen LogP contribution in [0, 0.1) is 6.92 Å². The van der Waals surface area contributed by atoms with Crippen molar-refractivity contribution in [3.05, 3.63) is 141 Å². The summed E-state index contributed by atoms with van der Waals surface area (Å²) in [6.45, 7) is 3.55. The molecule has 0 bridgehead atoms. The van der Waals surface area contributed by atoms with E-state index in [0.29, 0.717) is 65.6 Å². The lowest BCUT2D eigenvalue weighted by atomic mass is 9.79. The number of benzene rings is 4. The zero-order valence-corrected chi connectivity index (χ0v) is 31.3. The minimum absolute atomic E-state index is 0.0347. The molecule has 278 valence electrons. The highest BCUT2D eigenvalue weighted by atomic mass is 35.5. The summed E-state index contributed by atoms with van der Waals surface area (Å²) in [6.07, 6.45) is 4.16. The highest BCUT2D eigenvalue weighted by Crippen LogP contribution is 2.35. The van der Waals surface area contributed by atoms with Crippen LogP contribution in [0.3, 0.4) is 0 Å². The van der Waals surface area contributed by atoms with Crippen molar-refractivity contribution in [1.82, 2.24) is 25.0 Å². The lowest BCUT2D eigenvalue weighted by Crippen LogP contribution is -2.38. The second-order valence-electron chi connectivity index (χ2n) is 14.3. The van der Waals surface area contributed by atoms with Gasteiger partial charge in [-0.3, -0.25) is 19.1 Å². The van der Waals surface area contributed by atoms with Gasteiger partial charge in [-0.2, -0.15) is 0 Å². The molecule has 0 saturated carbocycles. The molecular formula is C42H40BClN6O5. The molecule has 1 atom stereocenters. The van der Waals surface area contributed by atoms with Crippen LogP contribution in [-0.4, -0.2) is 74.6 Å². The van der Waals surface area contributed by atoms with E-state index in [1.807, 2.05) is 83.1 Å². The number of methoxy groups -OCH3 is 1. The van der Waals surface area contributed by atoms with Gasteiger partial charge in [0.25, 0.3) is 0 Å². The summed E-state index contributed by atoms with van der Waals surface area (Å²) < 4.78 is 7.54. The molecule has 2 aliphatic heterocycles. The summed E-state index contributed by atoms with van der Waals surface area (Å²) in [5.41, 5.74) is 8.45. The summed E-state index contributed by atoms with van der Waals surface area (Å²) in [4.78, 5) is 34.2. The first-order valence-electron chi connectivity index (χ1n) is 18.4. The molecule has 0 spiro atoms. The van der Waals surface area contributed by atoms with Crippen LogP contribution in [-0.2, 0) is 22.6 Å². The van der Waals surface area contributed by atoms with Crippen LogP contribution in [0.5, 0.6) is 5.75 Å². The number of nitrogens with zero attached hydrogens (tertiary/aromatic N) is 5. The number of hydrogen-bond donors (Lipinski definition) is 3. The number of halogens is 1. The van der Waals surface area contributed by atoms with E-state index in [0.717, 1.165) is 51.9 Å². The number of carbonyl (C=O) groups is 2. The minimum atomic E-state index is -1.54. The SMILES string of the molecule is COc1ccc2c(c1)C(c1ccc(Cl)cc1)=N[C@@H](CC(=O)NCc1cccc(C3CCN(C(=O)C4=Cc5cc(B(O)O)ccc5C4)CC3)c1)c1nnc(C)n1-2. The molecular weight excluding hydrogens is 715 g/mol. The first kappa shape index (κ1) is 36.4. The maximum absolute atomic E-state index is 13.6. The number of ether oxygens (including phenoxy) is 1. The van der Waals surface area contributed by atoms with Crippen molar-refractivity contribution in [2.75, 3.05) is 20.2 Å². The van der Waals surface area contributed by atoms with Crippen LogP contribution in [0.4, 0.5) is 0 Å². The third kappa shape index (κ3) is 7.45.